The van der Waals surface area contributed by atoms with Gasteiger partial charge >= 0.3 is 0 Å². The maximum atomic E-state index is 3.56. The molecule has 0 aromatic heterocycles. The Morgan fingerprint density at radius 2 is 1.19 bits per heavy atom. The van der Waals surface area contributed by atoms with Crippen molar-refractivity contribution in [3.05, 3.63) is 60.7 Å². The van der Waals surface area contributed by atoms with E-state index in [4.69, 9.17) is 0 Å². The van der Waals surface area contributed by atoms with Crippen molar-refractivity contribution in [2.45, 2.75) is 9.79 Å². The van der Waals surface area contributed by atoms with E-state index in [0.717, 1.165) is 5.33 Å². The third-order valence-electron chi connectivity index (χ3n) is 2.44. The van der Waals surface area contributed by atoms with Crippen molar-refractivity contribution in [2.24, 2.45) is 0 Å². The number of hydrogen-bond acceptors (Lipinski definition) is 0. The standard InChI is InChI=1S/C14H15BrS/c15-11-12-16(13-7-3-1-4-8-13)14-9-5-2-6-10-14/h1-10,16H,11-12H2. The van der Waals surface area contributed by atoms with Gasteiger partial charge in [-0.3, -0.25) is 0 Å². The Morgan fingerprint density at radius 1 is 0.750 bits per heavy atom. The van der Waals surface area contributed by atoms with Crippen LogP contribution in [-0.4, -0.2) is 11.1 Å². The van der Waals surface area contributed by atoms with Gasteiger partial charge in [-0.05, 0) is 15.5 Å². The number of halogens is 1. The number of rotatable bonds is 4. The summed E-state index contributed by atoms with van der Waals surface area (Å²) < 4.78 is 0. The molecule has 0 saturated heterocycles. The van der Waals surface area contributed by atoms with Crippen LogP contribution in [0.2, 0.25) is 0 Å². The Bertz CT molecular complexity index is 374. The lowest BCUT2D eigenvalue weighted by atomic mass is 10.4. The molecule has 0 unspecified atom stereocenters. The maximum absolute atomic E-state index is 3.56. The monoisotopic (exact) mass is 294 g/mol. The summed E-state index contributed by atoms with van der Waals surface area (Å²) in [5.41, 5.74) is 0. The van der Waals surface area contributed by atoms with Crippen molar-refractivity contribution < 1.29 is 0 Å². The van der Waals surface area contributed by atoms with Gasteiger partial charge in [0, 0.05) is 5.33 Å². The van der Waals surface area contributed by atoms with Crippen LogP contribution in [0, 0.1) is 0 Å². The lowest BCUT2D eigenvalue weighted by Gasteiger charge is -2.21. The Morgan fingerprint density at radius 3 is 1.56 bits per heavy atom. The summed E-state index contributed by atoms with van der Waals surface area (Å²) in [5, 5.41) is 1.06. The fraction of sp³-hybridized carbons (Fsp3) is 0.143. The zero-order chi connectivity index (χ0) is 11.2. The SMILES string of the molecule is BrCC[SH](c1ccccc1)c1ccccc1. The zero-order valence-electron chi connectivity index (χ0n) is 9.01. The number of thiol groups is 1. The molecule has 0 N–H and O–H groups in total. The normalized spacial score (nSPS) is 11.2. The highest BCUT2D eigenvalue weighted by atomic mass is 79.9. The van der Waals surface area contributed by atoms with Crippen LogP contribution >= 0.6 is 26.8 Å². The highest BCUT2D eigenvalue weighted by Gasteiger charge is 2.07. The van der Waals surface area contributed by atoms with Crippen LogP contribution in [-0.2, 0) is 0 Å². The van der Waals surface area contributed by atoms with E-state index in [-0.39, 0.29) is 10.9 Å². The van der Waals surface area contributed by atoms with E-state index in [9.17, 15) is 0 Å². The van der Waals surface area contributed by atoms with Gasteiger partial charge in [-0.2, -0.15) is 10.9 Å². The molecule has 2 heteroatoms. The molecule has 2 aromatic rings. The van der Waals surface area contributed by atoms with Gasteiger partial charge in [0.05, 0.1) is 0 Å². The van der Waals surface area contributed by atoms with Crippen molar-refractivity contribution in [3.63, 3.8) is 0 Å². The van der Waals surface area contributed by atoms with Gasteiger partial charge in [0.1, 0.15) is 0 Å². The molecule has 84 valence electrons. The average Bonchev–Trinajstić information content (AvgIpc) is 2.38. The van der Waals surface area contributed by atoms with Gasteiger partial charge in [0.15, 0.2) is 0 Å². The molecular formula is C14H15BrS. The zero-order valence-corrected chi connectivity index (χ0v) is 11.5. The molecule has 0 atom stereocenters. The van der Waals surface area contributed by atoms with Crippen LogP contribution < -0.4 is 0 Å². The molecule has 0 aliphatic heterocycles. The largest absolute Gasteiger partial charge is 0.199 e. The van der Waals surface area contributed by atoms with Crippen LogP contribution in [0.25, 0.3) is 0 Å². The van der Waals surface area contributed by atoms with E-state index in [1.165, 1.54) is 15.5 Å². The average molecular weight is 295 g/mol. The summed E-state index contributed by atoms with van der Waals surface area (Å²) in [6.07, 6.45) is 0. The molecule has 0 amide bonds. The van der Waals surface area contributed by atoms with E-state index in [2.05, 4.69) is 76.6 Å². The van der Waals surface area contributed by atoms with Gasteiger partial charge in [-0.15, -0.1) is 0 Å². The smallest absolute Gasteiger partial charge is 0.0112 e. The summed E-state index contributed by atoms with van der Waals surface area (Å²) in [4.78, 5) is 2.92. The topological polar surface area (TPSA) is 0 Å². The van der Waals surface area contributed by atoms with E-state index in [1.807, 2.05) is 0 Å². The van der Waals surface area contributed by atoms with E-state index >= 15 is 0 Å². The first-order chi connectivity index (χ1) is 7.92. The minimum atomic E-state index is -0.198. The lowest BCUT2D eigenvalue weighted by molar-refractivity contribution is 1.35. The first-order valence-electron chi connectivity index (χ1n) is 5.35. The Balaban J connectivity index is 2.31. The lowest BCUT2D eigenvalue weighted by Crippen LogP contribution is -1.92. The predicted octanol–water partition coefficient (Wildman–Crippen LogP) is 4.50. The molecule has 0 radical (unpaired) electrons. The quantitative estimate of drug-likeness (QED) is 0.623. The molecule has 2 rings (SSSR count). The Hall–Kier alpha value is -0.730. The van der Waals surface area contributed by atoms with Crippen LogP contribution in [0.15, 0.2) is 70.5 Å². The van der Waals surface area contributed by atoms with Crippen molar-refractivity contribution in [1.82, 2.24) is 0 Å². The fourth-order valence-corrected chi connectivity index (χ4v) is 4.82. The molecule has 0 nitrogen and oxygen atoms in total. The summed E-state index contributed by atoms with van der Waals surface area (Å²) >= 11 is 3.56. The molecule has 0 heterocycles. The summed E-state index contributed by atoms with van der Waals surface area (Å²) in [6, 6.07) is 21.6. The molecule has 16 heavy (non-hydrogen) atoms. The van der Waals surface area contributed by atoms with Crippen LogP contribution in [0.4, 0.5) is 0 Å². The molecule has 0 bridgehead atoms. The Kier molecular flexibility index (Phi) is 4.49. The minimum absolute atomic E-state index is 0.198. The highest BCUT2D eigenvalue weighted by Crippen LogP contribution is 2.43. The summed E-state index contributed by atoms with van der Waals surface area (Å²) in [7, 11) is -0.198. The van der Waals surface area contributed by atoms with Gasteiger partial charge in [0.2, 0.25) is 0 Å². The van der Waals surface area contributed by atoms with E-state index < -0.39 is 0 Å². The van der Waals surface area contributed by atoms with Crippen LogP contribution in [0.5, 0.6) is 0 Å². The Labute approximate surface area is 108 Å². The van der Waals surface area contributed by atoms with Crippen molar-refractivity contribution in [3.8, 4) is 0 Å². The number of hydrogen-bond donors (Lipinski definition) is 1. The predicted molar refractivity (Wildman–Crippen MR) is 77.1 cm³/mol. The van der Waals surface area contributed by atoms with Gasteiger partial charge in [-0.1, -0.05) is 76.6 Å². The van der Waals surface area contributed by atoms with Crippen LogP contribution in [0.3, 0.4) is 0 Å². The second-order valence-corrected chi connectivity index (χ2v) is 6.64. The second-order valence-electron chi connectivity index (χ2n) is 3.51. The third-order valence-corrected chi connectivity index (χ3v) is 5.97. The van der Waals surface area contributed by atoms with E-state index in [0.29, 0.717) is 0 Å². The van der Waals surface area contributed by atoms with E-state index in [1.54, 1.807) is 0 Å². The van der Waals surface area contributed by atoms with Crippen molar-refractivity contribution in [1.29, 1.82) is 0 Å². The highest BCUT2D eigenvalue weighted by molar-refractivity contribution is 9.09. The molecule has 2 aromatic carbocycles. The van der Waals surface area contributed by atoms with Crippen molar-refractivity contribution >= 4 is 26.8 Å². The van der Waals surface area contributed by atoms with Gasteiger partial charge in [0.25, 0.3) is 0 Å². The first kappa shape index (κ1) is 11.7. The molecule has 0 aliphatic carbocycles. The number of alkyl halides is 1. The van der Waals surface area contributed by atoms with Crippen LogP contribution in [0.1, 0.15) is 0 Å². The molecule has 0 saturated carbocycles. The fourth-order valence-electron chi connectivity index (χ4n) is 1.71. The molecule has 0 aliphatic rings. The number of benzene rings is 2. The molecule has 0 spiro atoms. The van der Waals surface area contributed by atoms with Gasteiger partial charge < -0.3 is 0 Å². The van der Waals surface area contributed by atoms with Crippen molar-refractivity contribution in [2.75, 3.05) is 11.1 Å². The maximum Gasteiger partial charge on any atom is 0.0112 e. The van der Waals surface area contributed by atoms with Gasteiger partial charge in [-0.25, -0.2) is 0 Å². The third kappa shape index (κ3) is 2.89. The molecular weight excluding hydrogens is 280 g/mol. The summed E-state index contributed by atoms with van der Waals surface area (Å²) in [6.45, 7) is 0. The first-order valence-corrected chi connectivity index (χ1v) is 8.00. The second kappa shape index (κ2) is 6.12. The molecule has 0 fully saturated rings. The minimum Gasteiger partial charge on any atom is -0.199 e. The summed E-state index contributed by atoms with van der Waals surface area (Å²) in [5.74, 6) is 1.20.